The van der Waals surface area contributed by atoms with Crippen LogP contribution in [0.5, 0.6) is 0 Å². The first-order valence-electron chi connectivity index (χ1n) is 26.8. The molecular formula is C59H98O6. The predicted molar refractivity (Wildman–Crippen MR) is 279 cm³/mol. The molecule has 1 unspecified atom stereocenters. The van der Waals surface area contributed by atoms with Gasteiger partial charge < -0.3 is 14.2 Å². The smallest absolute Gasteiger partial charge is 0.306 e. The van der Waals surface area contributed by atoms with E-state index in [9.17, 15) is 14.4 Å². The Hall–Kier alpha value is -3.67. The molecule has 6 nitrogen and oxygen atoms in total. The molecule has 0 heterocycles. The fraction of sp³-hybridized carbons (Fsp3) is 0.678. The number of allylic oxidation sites excluding steroid dienone is 16. The Balaban J connectivity index is 4.53. The van der Waals surface area contributed by atoms with E-state index in [1.165, 1.54) is 96.3 Å². The lowest BCUT2D eigenvalue weighted by Crippen LogP contribution is -2.30. The van der Waals surface area contributed by atoms with Crippen molar-refractivity contribution in [3.63, 3.8) is 0 Å². The number of ether oxygens (including phenoxy) is 3. The van der Waals surface area contributed by atoms with Crippen LogP contribution in [0.15, 0.2) is 97.2 Å². The average Bonchev–Trinajstić information content (AvgIpc) is 3.30. The van der Waals surface area contributed by atoms with Crippen LogP contribution in [0, 0.1) is 0 Å². The average molecular weight is 903 g/mol. The van der Waals surface area contributed by atoms with Crippen LogP contribution in [0.1, 0.15) is 239 Å². The second-order valence-corrected chi connectivity index (χ2v) is 17.4. The van der Waals surface area contributed by atoms with Gasteiger partial charge in [0, 0.05) is 19.3 Å². The molecule has 0 bridgehead atoms. The van der Waals surface area contributed by atoms with E-state index in [-0.39, 0.29) is 37.5 Å². The second kappa shape index (κ2) is 52.9. The van der Waals surface area contributed by atoms with E-state index >= 15 is 0 Å². The Morgan fingerprint density at radius 2 is 0.677 bits per heavy atom. The van der Waals surface area contributed by atoms with Crippen molar-refractivity contribution in [3.05, 3.63) is 97.2 Å². The van der Waals surface area contributed by atoms with Crippen molar-refractivity contribution in [3.8, 4) is 0 Å². The summed E-state index contributed by atoms with van der Waals surface area (Å²) in [6.07, 6.45) is 69.7. The molecule has 0 saturated heterocycles. The van der Waals surface area contributed by atoms with Gasteiger partial charge in [0.15, 0.2) is 6.10 Å². The molecule has 0 amide bonds. The SMILES string of the molecule is CC/C=C\C/C=C\C/C=C\C/C=C\C/C=C\CCC(=O)OCC(COC(=O)CCCCCCCC/C=C\C=C/CCCCC)OC(=O)CCCCCCC/C=C\CCCCCCCCC. The molecule has 65 heavy (non-hydrogen) atoms. The summed E-state index contributed by atoms with van der Waals surface area (Å²) >= 11 is 0. The fourth-order valence-corrected chi connectivity index (χ4v) is 7.06. The van der Waals surface area contributed by atoms with Gasteiger partial charge in [-0.1, -0.05) is 214 Å². The van der Waals surface area contributed by atoms with Crippen molar-refractivity contribution in [1.82, 2.24) is 0 Å². The molecule has 6 heteroatoms. The van der Waals surface area contributed by atoms with Crippen molar-refractivity contribution in [1.29, 1.82) is 0 Å². The highest BCUT2D eigenvalue weighted by atomic mass is 16.6. The maximum atomic E-state index is 12.8. The Kier molecular flexibility index (Phi) is 50.0. The number of unbranched alkanes of at least 4 members (excludes halogenated alkanes) is 21. The Bertz CT molecular complexity index is 1310. The van der Waals surface area contributed by atoms with E-state index < -0.39 is 6.10 Å². The molecule has 0 N–H and O–H groups in total. The first-order valence-corrected chi connectivity index (χ1v) is 26.8. The van der Waals surface area contributed by atoms with Gasteiger partial charge in [-0.3, -0.25) is 14.4 Å². The minimum atomic E-state index is -0.817. The summed E-state index contributed by atoms with van der Waals surface area (Å²) in [5.41, 5.74) is 0. The summed E-state index contributed by atoms with van der Waals surface area (Å²) < 4.78 is 16.7. The minimum Gasteiger partial charge on any atom is -0.462 e. The summed E-state index contributed by atoms with van der Waals surface area (Å²) in [5.74, 6) is -1.02. The van der Waals surface area contributed by atoms with Gasteiger partial charge in [0.25, 0.3) is 0 Å². The Morgan fingerprint density at radius 1 is 0.338 bits per heavy atom. The van der Waals surface area contributed by atoms with Gasteiger partial charge in [-0.05, 0) is 103 Å². The van der Waals surface area contributed by atoms with Crippen molar-refractivity contribution in [2.75, 3.05) is 13.2 Å². The zero-order valence-corrected chi connectivity index (χ0v) is 42.2. The van der Waals surface area contributed by atoms with Crippen molar-refractivity contribution >= 4 is 17.9 Å². The number of carbonyl (C=O) groups is 3. The largest absolute Gasteiger partial charge is 0.462 e. The highest BCUT2D eigenvalue weighted by Crippen LogP contribution is 2.13. The van der Waals surface area contributed by atoms with Gasteiger partial charge in [0.05, 0.1) is 0 Å². The molecule has 1 atom stereocenters. The predicted octanol–water partition coefficient (Wildman–Crippen LogP) is 17.8. The number of esters is 3. The monoisotopic (exact) mass is 903 g/mol. The van der Waals surface area contributed by atoms with Gasteiger partial charge >= 0.3 is 17.9 Å². The molecule has 0 saturated carbocycles. The van der Waals surface area contributed by atoms with Crippen LogP contribution in [0.4, 0.5) is 0 Å². The fourth-order valence-electron chi connectivity index (χ4n) is 7.06. The van der Waals surface area contributed by atoms with E-state index in [1.54, 1.807) is 0 Å². The quantitative estimate of drug-likeness (QED) is 0.0199. The molecule has 0 aromatic carbocycles. The molecular weight excluding hydrogens is 805 g/mol. The highest BCUT2D eigenvalue weighted by Gasteiger charge is 2.19. The van der Waals surface area contributed by atoms with Crippen molar-refractivity contribution in [2.24, 2.45) is 0 Å². The summed E-state index contributed by atoms with van der Waals surface area (Å²) in [6.45, 7) is 6.41. The number of carbonyl (C=O) groups excluding carboxylic acids is 3. The maximum Gasteiger partial charge on any atom is 0.306 e. The second-order valence-electron chi connectivity index (χ2n) is 17.4. The van der Waals surface area contributed by atoms with Crippen LogP contribution in [0.2, 0.25) is 0 Å². The molecule has 0 aliphatic rings. The lowest BCUT2D eigenvalue weighted by molar-refractivity contribution is -0.166. The first-order chi connectivity index (χ1) is 32.0. The van der Waals surface area contributed by atoms with Crippen LogP contribution in [-0.4, -0.2) is 37.2 Å². The summed E-state index contributed by atoms with van der Waals surface area (Å²) in [5, 5.41) is 0. The molecule has 0 aliphatic heterocycles. The lowest BCUT2D eigenvalue weighted by Gasteiger charge is -2.18. The standard InChI is InChI=1S/C59H98O6/c1-4-7-10-13-16-19-22-25-28-31-34-37-40-43-46-49-52-58(61)64-55-56(54-63-57(60)51-48-45-42-39-36-33-30-27-24-21-18-15-12-9-6-3)65-59(62)53-50-47-44-41-38-35-32-29-26-23-20-17-14-11-8-5-2/h7,10,16,18-19,21,24-25,27-29,32,34,37,43,46,56H,4-6,8-9,11-15,17,20,22-23,26,30-31,33,35-36,38-42,44-45,47-55H2,1-3H3/b10-7-,19-16-,21-18-,27-24-,28-25-,32-29-,37-34-,46-43-. The molecule has 0 aliphatic carbocycles. The van der Waals surface area contributed by atoms with Gasteiger partial charge in [-0.15, -0.1) is 0 Å². The third-order valence-corrected chi connectivity index (χ3v) is 11.1. The highest BCUT2D eigenvalue weighted by molar-refractivity contribution is 5.71. The summed E-state index contributed by atoms with van der Waals surface area (Å²) in [7, 11) is 0. The maximum absolute atomic E-state index is 12.8. The van der Waals surface area contributed by atoms with Gasteiger partial charge in [0.2, 0.25) is 0 Å². The summed E-state index contributed by atoms with van der Waals surface area (Å²) in [6, 6.07) is 0. The minimum absolute atomic E-state index is 0.111. The normalized spacial score (nSPS) is 12.8. The van der Waals surface area contributed by atoms with Crippen LogP contribution < -0.4 is 0 Å². The lowest BCUT2D eigenvalue weighted by atomic mass is 10.1. The third-order valence-electron chi connectivity index (χ3n) is 11.1. The van der Waals surface area contributed by atoms with Crippen LogP contribution in [0.3, 0.4) is 0 Å². The molecule has 0 aromatic rings. The topological polar surface area (TPSA) is 78.9 Å². The molecule has 0 fully saturated rings. The number of hydrogen-bond donors (Lipinski definition) is 0. The van der Waals surface area contributed by atoms with E-state index in [2.05, 4.69) is 106 Å². The van der Waals surface area contributed by atoms with Gasteiger partial charge in [-0.25, -0.2) is 0 Å². The zero-order chi connectivity index (χ0) is 47.2. The zero-order valence-electron chi connectivity index (χ0n) is 42.2. The van der Waals surface area contributed by atoms with E-state index in [1.807, 2.05) is 12.2 Å². The molecule has 0 radical (unpaired) electrons. The number of hydrogen-bond acceptors (Lipinski definition) is 6. The molecule has 0 spiro atoms. The van der Waals surface area contributed by atoms with Crippen LogP contribution in [-0.2, 0) is 28.6 Å². The van der Waals surface area contributed by atoms with E-state index in [0.717, 1.165) is 96.3 Å². The van der Waals surface area contributed by atoms with Crippen LogP contribution in [0.25, 0.3) is 0 Å². The molecule has 370 valence electrons. The Morgan fingerprint density at radius 3 is 1.15 bits per heavy atom. The van der Waals surface area contributed by atoms with E-state index in [4.69, 9.17) is 14.2 Å². The molecule has 0 rings (SSSR count). The van der Waals surface area contributed by atoms with E-state index in [0.29, 0.717) is 19.3 Å². The van der Waals surface area contributed by atoms with Gasteiger partial charge in [-0.2, -0.15) is 0 Å². The van der Waals surface area contributed by atoms with Crippen molar-refractivity contribution < 1.29 is 28.6 Å². The third kappa shape index (κ3) is 51.2. The summed E-state index contributed by atoms with van der Waals surface area (Å²) in [4.78, 5) is 38.0. The molecule has 0 aromatic heterocycles. The first kappa shape index (κ1) is 61.3. The Labute approximate surface area is 400 Å². The number of rotatable bonds is 47. The van der Waals surface area contributed by atoms with Crippen LogP contribution >= 0.6 is 0 Å². The van der Waals surface area contributed by atoms with Gasteiger partial charge in [0.1, 0.15) is 13.2 Å². The van der Waals surface area contributed by atoms with Crippen molar-refractivity contribution in [2.45, 2.75) is 245 Å².